The van der Waals surface area contributed by atoms with E-state index in [9.17, 15) is 14.9 Å². The Morgan fingerprint density at radius 3 is 2.65 bits per heavy atom. The lowest BCUT2D eigenvalue weighted by molar-refractivity contribution is -0.384. The summed E-state index contributed by atoms with van der Waals surface area (Å²) in [6.45, 7) is 1.72. The van der Waals surface area contributed by atoms with Gasteiger partial charge >= 0.3 is 0 Å². The molecule has 1 amide bonds. The fourth-order valence-corrected chi connectivity index (χ4v) is 2.06. The van der Waals surface area contributed by atoms with Crippen LogP contribution >= 0.6 is 0 Å². The monoisotopic (exact) mass is 315 g/mol. The van der Waals surface area contributed by atoms with Crippen LogP contribution in [-0.2, 0) is 4.79 Å². The highest BCUT2D eigenvalue weighted by molar-refractivity contribution is 5.95. The number of nitrogens with zero attached hydrogens (tertiary/aromatic N) is 1. The first-order chi connectivity index (χ1) is 11.0. The van der Waals surface area contributed by atoms with Gasteiger partial charge in [0.1, 0.15) is 11.4 Å². The van der Waals surface area contributed by atoms with E-state index >= 15 is 0 Å². The first-order valence-corrected chi connectivity index (χ1v) is 6.93. The number of nitro benzene ring substituents is 1. The van der Waals surface area contributed by atoms with Gasteiger partial charge in [0, 0.05) is 6.07 Å². The van der Waals surface area contributed by atoms with Crippen LogP contribution in [0.3, 0.4) is 0 Å². The lowest BCUT2D eigenvalue weighted by Crippen LogP contribution is -2.22. The van der Waals surface area contributed by atoms with Gasteiger partial charge in [0.15, 0.2) is 0 Å². The third-order valence-corrected chi connectivity index (χ3v) is 3.17. The Balaban J connectivity index is 2.04. The molecule has 2 aromatic carbocycles. The van der Waals surface area contributed by atoms with Crippen LogP contribution in [0.4, 0.5) is 17.1 Å². The van der Waals surface area contributed by atoms with Crippen molar-refractivity contribution in [1.82, 2.24) is 0 Å². The average Bonchev–Trinajstić information content (AvgIpc) is 2.54. The molecule has 0 fully saturated rings. The molecule has 0 unspecified atom stereocenters. The molecule has 2 aromatic rings. The topological polar surface area (TPSA) is 93.5 Å². The van der Waals surface area contributed by atoms with Crippen LogP contribution in [0.15, 0.2) is 42.5 Å². The normalized spacial score (nSPS) is 10.0. The van der Waals surface area contributed by atoms with Crippen molar-refractivity contribution in [2.45, 2.75) is 6.92 Å². The average molecular weight is 315 g/mol. The molecule has 7 nitrogen and oxygen atoms in total. The van der Waals surface area contributed by atoms with Gasteiger partial charge in [-0.1, -0.05) is 18.2 Å². The van der Waals surface area contributed by atoms with E-state index in [-0.39, 0.29) is 23.8 Å². The maximum absolute atomic E-state index is 12.0. The highest BCUT2D eigenvalue weighted by atomic mass is 16.6. The molecule has 0 saturated heterocycles. The number of nitrogens with one attached hydrogen (secondary N) is 2. The zero-order valence-corrected chi connectivity index (χ0v) is 12.8. The summed E-state index contributed by atoms with van der Waals surface area (Å²) in [5.41, 5.74) is 1.47. The molecule has 0 aliphatic heterocycles. The number of hydrogen-bond donors (Lipinski definition) is 2. The number of benzene rings is 2. The maximum atomic E-state index is 12.0. The molecule has 0 bridgehead atoms. The number of amides is 1. The summed E-state index contributed by atoms with van der Waals surface area (Å²) < 4.78 is 5.18. The summed E-state index contributed by atoms with van der Waals surface area (Å²) in [6, 6.07) is 11.8. The van der Waals surface area contributed by atoms with Gasteiger partial charge in [-0.25, -0.2) is 0 Å². The minimum absolute atomic E-state index is 0.0363. The molecule has 0 saturated carbocycles. The second-order valence-corrected chi connectivity index (χ2v) is 4.88. The van der Waals surface area contributed by atoms with Gasteiger partial charge < -0.3 is 15.4 Å². The van der Waals surface area contributed by atoms with Gasteiger partial charge in [0.05, 0.1) is 24.3 Å². The first kappa shape index (κ1) is 16.3. The Labute approximate surface area is 133 Å². The highest BCUT2D eigenvalue weighted by Crippen LogP contribution is 2.26. The number of anilines is 2. The zero-order chi connectivity index (χ0) is 16.8. The van der Waals surface area contributed by atoms with Crippen LogP contribution in [-0.4, -0.2) is 24.5 Å². The number of carbonyl (C=O) groups is 1. The molecule has 0 aliphatic carbocycles. The van der Waals surface area contributed by atoms with E-state index < -0.39 is 4.92 Å². The molecule has 0 radical (unpaired) electrons. The minimum Gasteiger partial charge on any atom is -0.495 e. The highest BCUT2D eigenvalue weighted by Gasteiger charge is 2.16. The predicted octanol–water partition coefficient (Wildman–Crippen LogP) is 2.96. The molecular formula is C16H17N3O4. The van der Waals surface area contributed by atoms with Crippen LogP contribution < -0.4 is 15.4 Å². The molecule has 23 heavy (non-hydrogen) atoms. The lowest BCUT2D eigenvalue weighted by Gasteiger charge is -2.11. The fraction of sp³-hybridized carbons (Fsp3) is 0.188. The summed E-state index contributed by atoms with van der Waals surface area (Å²) in [5, 5.41) is 16.5. The van der Waals surface area contributed by atoms with Crippen molar-refractivity contribution in [3.63, 3.8) is 0 Å². The molecule has 0 atom stereocenters. The summed E-state index contributed by atoms with van der Waals surface area (Å²) in [6.07, 6.45) is 0. The van der Waals surface area contributed by atoms with Crippen molar-refractivity contribution < 1.29 is 14.5 Å². The Bertz CT molecular complexity index is 731. The van der Waals surface area contributed by atoms with Crippen molar-refractivity contribution in [2.24, 2.45) is 0 Å². The van der Waals surface area contributed by atoms with E-state index in [1.807, 2.05) is 12.1 Å². The second-order valence-electron chi connectivity index (χ2n) is 4.88. The Kier molecular flexibility index (Phi) is 5.14. The molecule has 0 aliphatic rings. The van der Waals surface area contributed by atoms with Gasteiger partial charge in [0.2, 0.25) is 5.91 Å². The Morgan fingerprint density at radius 1 is 1.22 bits per heavy atom. The number of para-hydroxylation sites is 2. The van der Waals surface area contributed by atoms with Crippen LogP contribution in [0.25, 0.3) is 0 Å². The summed E-state index contributed by atoms with van der Waals surface area (Å²) in [7, 11) is 1.54. The van der Waals surface area contributed by atoms with Crippen molar-refractivity contribution in [3.05, 3.63) is 58.1 Å². The number of carbonyl (C=O) groups excluding carboxylic acids is 1. The number of methoxy groups -OCH3 is 1. The number of ether oxygens (including phenoxy) is 1. The molecule has 0 aromatic heterocycles. The smallest absolute Gasteiger partial charge is 0.293 e. The van der Waals surface area contributed by atoms with E-state index in [4.69, 9.17) is 4.74 Å². The molecule has 7 heteroatoms. The van der Waals surface area contributed by atoms with Gasteiger partial charge in [-0.3, -0.25) is 14.9 Å². The first-order valence-electron chi connectivity index (χ1n) is 6.93. The predicted molar refractivity (Wildman–Crippen MR) is 87.9 cm³/mol. The van der Waals surface area contributed by atoms with Crippen molar-refractivity contribution in [1.29, 1.82) is 0 Å². The molecule has 2 N–H and O–H groups in total. The van der Waals surface area contributed by atoms with Crippen molar-refractivity contribution in [3.8, 4) is 5.75 Å². The van der Waals surface area contributed by atoms with E-state index in [2.05, 4.69) is 10.6 Å². The fourth-order valence-electron chi connectivity index (χ4n) is 2.06. The number of nitro groups is 1. The van der Waals surface area contributed by atoms with Crippen molar-refractivity contribution in [2.75, 3.05) is 24.3 Å². The third kappa shape index (κ3) is 4.19. The maximum Gasteiger partial charge on any atom is 0.293 e. The van der Waals surface area contributed by atoms with Gasteiger partial charge in [-0.15, -0.1) is 0 Å². The standard InChI is InChI=1S/C16H17N3O4/c1-11-7-8-12(14(9-11)19(21)22)18-16(20)10-17-13-5-3-4-6-15(13)23-2/h3-9,17H,10H2,1-2H3,(H,18,20). The minimum atomic E-state index is -0.518. The van der Waals surface area contributed by atoms with Crippen molar-refractivity contribution >= 4 is 23.0 Å². The second kappa shape index (κ2) is 7.26. The van der Waals surface area contributed by atoms with E-state index in [0.29, 0.717) is 11.4 Å². The quantitative estimate of drug-likeness (QED) is 0.631. The molecule has 0 heterocycles. The van der Waals surface area contributed by atoms with Gasteiger partial charge in [0.25, 0.3) is 5.69 Å². The zero-order valence-electron chi connectivity index (χ0n) is 12.8. The molecule has 120 valence electrons. The van der Waals surface area contributed by atoms with Gasteiger partial charge in [-0.2, -0.15) is 0 Å². The molecular weight excluding hydrogens is 298 g/mol. The molecule has 2 rings (SSSR count). The van der Waals surface area contributed by atoms with Crippen LogP contribution in [0.1, 0.15) is 5.56 Å². The SMILES string of the molecule is COc1ccccc1NCC(=O)Nc1ccc(C)cc1[N+](=O)[O-]. The van der Waals surface area contributed by atoms with Crippen LogP contribution in [0, 0.1) is 17.0 Å². The van der Waals surface area contributed by atoms with E-state index in [1.54, 1.807) is 25.1 Å². The lowest BCUT2D eigenvalue weighted by atomic mass is 10.2. The number of hydrogen-bond acceptors (Lipinski definition) is 5. The van der Waals surface area contributed by atoms with E-state index in [0.717, 1.165) is 5.56 Å². The summed E-state index contributed by atoms with van der Waals surface area (Å²) in [4.78, 5) is 22.5. The van der Waals surface area contributed by atoms with Gasteiger partial charge in [-0.05, 0) is 30.7 Å². The Hall–Kier alpha value is -3.09. The number of aryl methyl sites for hydroxylation is 1. The largest absolute Gasteiger partial charge is 0.495 e. The summed E-state index contributed by atoms with van der Waals surface area (Å²) >= 11 is 0. The van der Waals surface area contributed by atoms with E-state index in [1.165, 1.54) is 19.2 Å². The van der Waals surface area contributed by atoms with Crippen LogP contribution in [0.2, 0.25) is 0 Å². The third-order valence-electron chi connectivity index (χ3n) is 3.17. The molecule has 0 spiro atoms. The number of rotatable bonds is 6. The summed E-state index contributed by atoms with van der Waals surface area (Å²) in [5.74, 6) is 0.226. The Morgan fingerprint density at radius 2 is 1.96 bits per heavy atom. The van der Waals surface area contributed by atoms with Crippen LogP contribution in [0.5, 0.6) is 5.75 Å².